The first-order valence-corrected chi connectivity index (χ1v) is 6.74. The van der Waals surface area contributed by atoms with Crippen LogP contribution < -0.4 is 11.1 Å². The topological polar surface area (TPSA) is 55.1 Å². The number of carbonyl (C=O) groups excluding carboxylic acids is 1. The molecule has 1 aliphatic rings. The quantitative estimate of drug-likeness (QED) is 0.838. The molecule has 0 radical (unpaired) electrons. The molecule has 0 spiro atoms. The Morgan fingerprint density at radius 2 is 2.22 bits per heavy atom. The Morgan fingerprint density at radius 3 is 2.78 bits per heavy atom. The first-order valence-electron chi connectivity index (χ1n) is 6.74. The lowest BCUT2D eigenvalue weighted by molar-refractivity contribution is 0.1000. The summed E-state index contributed by atoms with van der Waals surface area (Å²) < 4.78 is 0. The van der Waals surface area contributed by atoms with E-state index >= 15 is 0 Å². The van der Waals surface area contributed by atoms with Gasteiger partial charge >= 0.3 is 0 Å². The fraction of sp³-hybridized carbons (Fsp3) is 0.533. The molecular weight excluding hydrogens is 224 g/mol. The Bertz CT molecular complexity index is 438. The average Bonchev–Trinajstić information content (AvgIpc) is 2.26. The second-order valence-electron chi connectivity index (χ2n) is 5.42. The van der Waals surface area contributed by atoms with Crippen molar-refractivity contribution in [1.29, 1.82) is 0 Å². The summed E-state index contributed by atoms with van der Waals surface area (Å²) in [6.07, 6.45) is 5.33. The molecule has 3 heteroatoms. The highest BCUT2D eigenvalue weighted by molar-refractivity contribution is 5.95. The van der Waals surface area contributed by atoms with Crippen LogP contribution >= 0.6 is 0 Å². The Balaban J connectivity index is 2.03. The Morgan fingerprint density at radius 1 is 1.50 bits per heavy atom. The molecule has 1 aromatic carbocycles. The van der Waals surface area contributed by atoms with Gasteiger partial charge in [0.05, 0.1) is 0 Å². The molecule has 0 bridgehead atoms. The predicted molar refractivity (Wildman–Crippen MR) is 74.7 cm³/mol. The zero-order valence-electron chi connectivity index (χ0n) is 11.2. The van der Waals surface area contributed by atoms with Crippen molar-refractivity contribution in [2.75, 3.05) is 5.32 Å². The molecule has 18 heavy (non-hydrogen) atoms. The first-order chi connectivity index (χ1) is 8.58. The standard InChI is InChI=1S/C15H22N2O/c1-10(9-12-5-3-6-12)17-14-8-4-7-13(11(14)2)15(16)18/h4,7-8,10,12,17H,3,5-6,9H2,1-2H3,(H2,16,18). The number of nitrogens with two attached hydrogens (primary N) is 1. The molecule has 0 heterocycles. The van der Waals surface area contributed by atoms with E-state index in [2.05, 4.69) is 12.2 Å². The van der Waals surface area contributed by atoms with Crippen LogP contribution in [0.3, 0.4) is 0 Å². The van der Waals surface area contributed by atoms with Gasteiger partial charge in [-0.15, -0.1) is 0 Å². The van der Waals surface area contributed by atoms with Gasteiger partial charge in [-0.1, -0.05) is 25.3 Å². The fourth-order valence-electron chi connectivity index (χ4n) is 2.61. The smallest absolute Gasteiger partial charge is 0.249 e. The van der Waals surface area contributed by atoms with Gasteiger partial charge in [0.15, 0.2) is 0 Å². The van der Waals surface area contributed by atoms with E-state index < -0.39 is 0 Å². The third-order valence-corrected chi connectivity index (χ3v) is 3.91. The molecule has 1 amide bonds. The highest BCUT2D eigenvalue weighted by Crippen LogP contribution is 2.31. The van der Waals surface area contributed by atoms with Gasteiger partial charge in [-0.2, -0.15) is 0 Å². The average molecular weight is 246 g/mol. The van der Waals surface area contributed by atoms with Crippen LogP contribution in [-0.2, 0) is 0 Å². The van der Waals surface area contributed by atoms with Crippen molar-refractivity contribution in [3.8, 4) is 0 Å². The predicted octanol–water partition coefficient (Wildman–Crippen LogP) is 3.08. The van der Waals surface area contributed by atoms with Crippen molar-refractivity contribution >= 4 is 11.6 Å². The van der Waals surface area contributed by atoms with E-state index in [1.54, 1.807) is 6.07 Å². The van der Waals surface area contributed by atoms with Crippen molar-refractivity contribution in [1.82, 2.24) is 0 Å². The molecule has 1 saturated carbocycles. The molecule has 3 nitrogen and oxygen atoms in total. The number of primary amides is 1. The molecule has 1 atom stereocenters. The van der Waals surface area contributed by atoms with Crippen LogP contribution in [-0.4, -0.2) is 11.9 Å². The van der Waals surface area contributed by atoms with Crippen LogP contribution in [0.4, 0.5) is 5.69 Å². The summed E-state index contributed by atoms with van der Waals surface area (Å²) in [4.78, 5) is 11.3. The third-order valence-electron chi connectivity index (χ3n) is 3.91. The molecule has 1 fully saturated rings. The minimum absolute atomic E-state index is 0.359. The van der Waals surface area contributed by atoms with Crippen LogP contribution in [0.25, 0.3) is 0 Å². The minimum atomic E-state index is -0.359. The molecule has 3 N–H and O–H groups in total. The molecule has 0 saturated heterocycles. The number of amides is 1. The van der Waals surface area contributed by atoms with Gasteiger partial charge in [0.2, 0.25) is 5.91 Å². The lowest BCUT2D eigenvalue weighted by Gasteiger charge is -2.29. The number of nitrogens with one attached hydrogen (secondary N) is 1. The van der Waals surface area contributed by atoms with Crippen LogP contribution in [0.5, 0.6) is 0 Å². The number of carbonyl (C=O) groups is 1. The SMILES string of the molecule is Cc1c(NC(C)CC2CCC2)cccc1C(N)=O. The summed E-state index contributed by atoms with van der Waals surface area (Å²) in [5.74, 6) is 0.523. The maximum Gasteiger partial charge on any atom is 0.249 e. The van der Waals surface area contributed by atoms with Gasteiger partial charge in [-0.25, -0.2) is 0 Å². The van der Waals surface area contributed by atoms with E-state index in [1.807, 2.05) is 19.1 Å². The summed E-state index contributed by atoms with van der Waals surface area (Å²) in [7, 11) is 0. The molecule has 1 aliphatic carbocycles. The first kappa shape index (κ1) is 12.9. The summed E-state index contributed by atoms with van der Waals surface area (Å²) in [6.45, 7) is 4.15. The summed E-state index contributed by atoms with van der Waals surface area (Å²) in [5.41, 5.74) is 7.94. The van der Waals surface area contributed by atoms with Gasteiger partial charge in [0.25, 0.3) is 0 Å². The van der Waals surface area contributed by atoms with Crippen LogP contribution in [0.1, 0.15) is 48.5 Å². The Labute approximate surface area is 109 Å². The van der Waals surface area contributed by atoms with Crippen LogP contribution in [0, 0.1) is 12.8 Å². The van der Waals surface area contributed by atoms with Crippen molar-refractivity contribution in [3.05, 3.63) is 29.3 Å². The summed E-state index contributed by atoms with van der Waals surface area (Å²) in [6, 6.07) is 6.11. The van der Waals surface area contributed by atoms with E-state index in [-0.39, 0.29) is 5.91 Å². The largest absolute Gasteiger partial charge is 0.382 e. The third kappa shape index (κ3) is 2.84. The number of rotatable bonds is 5. The van der Waals surface area contributed by atoms with E-state index in [1.165, 1.54) is 25.7 Å². The molecule has 0 aliphatic heterocycles. The van der Waals surface area contributed by atoms with Crippen LogP contribution in [0.15, 0.2) is 18.2 Å². The number of hydrogen-bond acceptors (Lipinski definition) is 2. The monoisotopic (exact) mass is 246 g/mol. The zero-order valence-corrected chi connectivity index (χ0v) is 11.2. The van der Waals surface area contributed by atoms with E-state index in [0.717, 1.165) is 17.2 Å². The Hall–Kier alpha value is -1.51. The van der Waals surface area contributed by atoms with Gasteiger partial charge < -0.3 is 11.1 Å². The van der Waals surface area contributed by atoms with E-state index in [4.69, 9.17) is 5.73 Å². The van der Waals surface area contributed by atoms with E-state index in [0.29, 0.717) is 11.6 Å². The van der Waals surface area contributed by atoms with Gasteiger partial charge in [-0.05, 0) is 43.9 Å². The van der Waals surface area contributed by atoms with Gasteiger partial charge in [0.1, 0.15) is 0 Å². The molecule has 1 aromatic rings. The van der Waals surface area contributed by atoms with Crippen molar-refractivity contribution in [2.24, 2.45) is 11.7 Å². The lowest BCUT2D eigenvalue weighted by atomic mass is 9.81. The van der Waals surface area contributed by atoms with Gasteiger partial charge in [0, 0.05) is 17.3 Å². The number of benzene rings is 1. The maximum atomic E-state index is 11.3. The molecular formula is C15H22N2O. The zero-order chi connectivity index (χ0) is 13.1. The normalized spacial score (nSPS) is 17.0. The fourth-order valence-corrected chi connectivity index (χ4v) is 2.61. The maximum absolute atomic E-state index is 11.3. The summed E-state index contributed by atoms with van der Waals surface area (Å²) >= 11 is 0. The lowest BCUT2D eigenvalue weighted by Crippen LogP contribution is -2.24. The van der Waals surface area contributed by atoms with Gasteiger partial charge in [-0.3, -0.25) is 4.79 Å². The second-order valence-corrected chi connectivity index (χ2v) is 5.42. The van der Waals surface area contributed by atoms with Crippen LogP contribution in [0.2, 0.25) is 0 Å². The minimum Gasteiger partial charge on any atom is -0.382 e. The number of hydrogen-bond donors (Lipinski definition) is 2. The molecule has 2 rings (SSSR count). The van der Waals surface area contributed by atoms with Crippen molar-refractivity contribution in [2.45, 2.75) is 45.6 Å². The molecule has 0 aromatic heterocycles. The molecule has 1 unspecified atom stereocenters. The molecule has 98 valence electrons. The number of anilines is 1. The van der Waals surface area contributed by atoms with E-state index in [9.17, 15) is 4.79 Å². The second kappa shape index (κ2) is 5.42. The highest BCUT2D eigenvalue weighted by Gasteiger charge is 2.20. The Kier molecular flexibility index (Phi) is 3.90. The van der Waals surface area contributed by atoms with Crippen molar-refractivity contribution < 1.29 is 4.79 Å². The summed E-state index contributed by atoms with van der Waals surface area (Å²) in [5, 5.41) is 3.50. The van der Waals surface area contributed by atoms with Crippen molar-refractivity contribution in [3.63, 3.8) is 0 Å². The highest BCUT2D eigenvalue weighted by atomic mass is 16.1.